The highest BCUT2D eigenvalue weighted by Crippen LogP contribution is 2.23. The molecule has 0 saturated carbocycles. The van der Waals surface area contributed by atoms with Crippen molar-refractivity contribution in [2.24, 2.45) is 0 Å². The SMILES string of the molecule is CN(CC(=O)N1CCN(S(=O)(=O)c2ccc3ccccc3c2)CC1)C1CCS(=O)(=O)C1. The van der Waals surface area contributed by atoms with E-state index in [0.717, 1.165) is 10.8 Å². The highest BCUT2D eigenvalue weighted by molar-refractivity contribution is 7.91. The van der Waals surface area contributed by atoms with Crippen LogP contribution in [0.5, 0.6) is 0 Å². The van der Waals surface area contributed by atoms with Gasteiger partial charge in [-0.1, -0.05) is 30.3 Å². The molecule has 0 radical (unpaired) electrons. The maximum absolute atomic E-state index is 13.1. The average Bonchev–Trinajstić information content (AvgIpc) is 3.13. The second kappa shape index (κ2) is 8.50. The lowest BCUT2D eigenvalue weighted by atomic mass is 10.1. The van der Waals surface area contributed by atoms with Crippen LogP contribution in [0.25, 0.3) is 10.8 Å². The molecule has 10 heteroatoms. The third-order valence-electron chi connectivity index (χ3n) is 6.17. The van der Waals surface area contributed by atoms with Gasteiger partial charge in [-0.15, -0.1) is 0 Å². The zero-order valence-electron chi connectivity index (χ0n) is 17.5. The van der Waals surface area contributed by atoms with Crippen molar-refractivity contribution in [1.29, 1.82) is 0 Å². The summed E-state index contributed by atoms with van der Waals surface area (Å²) < 4.78 is 50.9. The van der Waals surface area contributed by atoms with Crippen LogP contribution in [0.4, 0.5) is 0 Å². The van der Waals surface area contributed by atoms with Gasteiger partial charge in [0, 0.05) is 32.2 Å². The van der Waals surface area contributed by atoms with Crippen LogP contribution in [-0.4, -0.2) is 94.2 Å². The number of piperazine rings is 1. The summed E-state index contributed by atoms with van der Waals surface area (Å²) in [6.45, 7) is 1.26. The molecule has 0 bridgehead atoms. The van der Waals surface area contributed by atoms with E-state index in [4.69, 9.17) is 0 Å². The van der Waals surface area contributed by atoms with Gasteiger partial charge < -0.3 is 4.90 Å². The van der Waals surface area contributed by atoms with E-state index < -0.39 is 19.9 Å². The van der Waals surface area contributed by atoms with Gasteiger partial charge in [0.1, 0.15) is 0 Å². The van der Waals surface area contributed by atoms with Crippen LogP contribution >= 0.6 is 0 Å². The molecule has 0 aromatic heterocycles. The molecule has 1 unspecified atom stereocenters. The Bertz CT molecular complexity index is 1190. The molecule has 2 aromatic carbocycles. The van der Waals surface area contributed by atoms with Crippen molar-refractivity contribution in [3.63, 3.8) is 0 Å². The molecule has 2 fully saturated rings. The first-order chi connectivity index (χ1) is 14.7. The number of amides is 1. The van der Waals surface area contributed by atoms with Crippen LogP contribution in [0.2, 0.25) is 0 Å². The average molecular weight is 466 g/mol. The smallest absolute Gasteiger partial charge is 0.243 e. The van der Waals surface area contributed by atoms with Gasteiger partial charge >= 0.3 is 0 Å². The molecule has 8 nitrogen and oxygen atoms in total. The van der Waals surface area contributed by atoms with Gasteiger partial charge in [-0.25, -0.2) is 16.8 Å². The van der Waals surface area contributed by atoms with E-state index in [1.54, 1.807) is 35.0 Å². The zero-order valence-corrected chi connectivity index (χ0v) is 19.1. The number of carbonyl (C=O) groups excluding carboxylic acids is 1. The fourth-order valence-corrected chi connectivity index (χ4v) is 7.48. The largest absolute Gasteiger partial charge is 0.339 e. The Morgan fingerprint density at radius 1 is 1.06 bits per heavy atom. The van der Waals surface area contributed by atoms with Gasteiger partial charge in [0.05, 0.1) is 22.9 Å². The Morgan fingerprint density at radius 2 is 1.74 bits per heavy atom. The Hall–Kier alpha value is -2.01. The van der Waals surface area contributed by atoms with E-state index in [-0.39, 0.29) is 48.0 Å². The van der Waals surface area contributed by atoms with E-state index in [1.807, 2.05) is 24.3 Å². The fraction of sp³-hybridized carbons (Fsp3) is 0.476. The number of rotatable bonds is 5. The van der Waals surface area contributed by atoms with Crippen molar-refractivity contribution in [3.8, 4) is 0 Å². The maximum atomic E-state index is 13.1. The number of sulfonamides is 1. The third kappa shape index (κ3) is 4.77. The highest BCUT2D eigenvalue weighted by atomic mass is 32.2. The van der Waals surface area contributed by atoms with Crippen LogP contribution in [0.3, 0.4) is 0 Å². The van der Waals surface area contributed by atoms with Gasteiger partial charge in [0.15, 0.2) is 9.84 Å². The number of benzene rings is 2. The summed E-state index contributed by atoms with van der Waals surface area (Å²) in [4.78, 5) is 16.4. The van der Waals surface area contributed by atoms with E-state index in [0.29, 0.717) is 19.5 Å². The summed E-state index contributed by atoms with van der Waals surface area (Å²) in [5.41, 5.74) is 0. The van der Waals surface area contributed by atoms with Crippen LogP contribution in [-0.2, 0) is 24.7 Å². The molecule has 0 spiro atoms. The Labute approximate surface area is 183 Å². The summed E-state index contributed by atoms with van der Waals surface area (Å²) in [7, 11) is -4.87. The van der Waals surface area contributed by atoms with Crippen molar-refractivity contribution in [2.75, 3.05) is 51.3 Å². The molecule has 2 saturated heterocycles. The Morgan fingerprint density at radius 3 is 2.39 bits per heavy atom. The van der Waals surface area contributed by atoms with E-state index in [1.165, 1.54) is 4.31 Å². The van der Waals surface area contributed by atoms with Gasteiger partial charge in [0.2, 0.25) is 15.9 Å². The first kappa shape index (κ1) is 22.2. The van der Waals surface area contributed by atoms with Crippen LogP contribution < -0.4 is 0 Å². The van der Waals surface area contributed by atoms with Crippen molar-refractivity contribution in [1.82, 2.24) is 14.1 Å². The molecular weight excluding hydrogens is 438 g/mol. The van der Waals surface area contributed by atoms with Gasteiger partial charge in [-0.3, -0.25) is 9.69 Å². The summed E-state index contributed by atoms with van der Waals surface area (Å²) in [5, 5.41) is 1.85. The molecule has 2 aliphatic rings. The summed E-state index contributed by atoms with van der Waals surface area (Å²) in [5.74, 6) is 0.158. The van der Waals surface area contributed by atoms with Gasteiger partial charge in [0.25, 0.3) is 0 Å². The molecule has 2 aromatic rings. The molecule has 2 aliphatic heterocycles. The second-order valence-electron chi connectivity index (χ2n) is 8.27. The minimum Gasteiger partial charge on any atom is -0.339 e. The Balaban J connectivity index is 1.36. The van der Waals surface area contributed by atoms with E-state index in [2.05, 4.69) is 0 Å². The number of hydrogen-bond acceptors (Lipinski definition) is 6. The summed E-state index contributed by atoms with van der Waals surface area (Å²) in [6, 6.07) is 12.6. The maximum Gasteiger partial charge on any atom is 0.243 e. The quantitative estimate of drug-likeness (QED) is 0.648. The van der Waals surface area contributed by atoms with Crippen LogP contribution in [0, 0.1) is 0 Å². The lowest BCUT2D eigenvalue weighted by Crippen LogP contribution is -2.53. The number of fused-ring (bicyclic) bond motifs is 1. The number of carbonyl (C=O) groups is 1. The predicted molar refractivity (Wildman–Crippen MR) is 119 cm³/mol. The molecule has 31 heavy (non-hydrogen) atoms. The predicted octanol–water partition coefficient (Wildman–Crippen LogP) is 0.792. The molecule has 0 N–H and O–H groups in total. The highest BCUT2D eigenvalue weighted by Gasteiger charge is 2.34. The number of nitrogens with zero attached hydrogens (tertiary/aromatic N) is 3. The van der Waals surface area contributed by atoms with Crippen molar-refractivity contribution < 1.29 is 21.6 Å². The second-order valence-corrected chi connectivity index (χ2v) is 12.4. The molecule has 2 heterocycles. The van der Waals surface area contributed by atoms with Crippen molar-refractivity contribution in [3.05, 3.63) is 42.5 Å². The number of hydrogen-bond donors (Lipinski definition) is 0. The van der Waals surface area contributed by atoms with Crippen LogP contribution in [0.15, 0.2) is 47.4 Å². The number of likely N-dealkylation sites (N-methyl/N-ethyl adjacent to an activating group) is 1. The van der Waals surface area contributed by atoms with E-state index >= 15 is 0 Å². The molecular formula is C21H27N3O5S2. The van der Waals surface area contributed by atoms with E-state index in [9.17, 15) is 21.6 Å². The monoisotopic (exact) mass is 465 g/mol. The third-order valence-corrected chi connectivity index (χ3v) is 9.81. The first-order valence-corrected chi connectivity index (χ1v) is 13.6. The van der Waals surface area contributed by atoms with Gasteiger partial charge in [-0.2, -0.15) is 4.31 Å². The molecule has 1 atom stereocenters. The minimum absolute atomic E-state index is 0.0918. The van der Waals surface area contributed by atoms with Crippen LogP contribution in [0.1, 0.15) is 6.42 Å². The molecule has 4 rings (SSSR count). The summed E-state index contributed by atoms with van der Waals surface area (Å²) in [6.07, 6.45) is 0.546. The fourth-order valence-electron chi connectivity index (χ4n) is 4.22. The number of sulfone groups is 1. The molecule has 1 amide bonds. The standard InChI is InChI=1S/C21H27N3O5S2/c1-22(19-8-13-30(26,27)16-19)15-21(25)23-9-11-24(12-10-23)31(28,29)20-7-6-17-4-2-3-5-18(17)14-20/h2-7,14,19H,8-13,15-16H2,1H3. The summed E-state index contributed by atoms with van der Waals surface area (Å²) >= 11 is 0. The molecule has 0 aliphatic carbocycles. The molecule has 168 valence electrons. The first-order valence-electron chi connectivity index (χ1n) is 10.3. The lowest BCUT2D eigenvalue weighted by Gasteiger charge is -2.35. The topological polar surface area (TPSA) is 95.1 Å². The normalized spacial score (nSPS) is 22.3. The Kier molecular flexibility index (Phi) is 6.08. The van der Waals surface area contributed by atoms with Crippen molar-refractivity contribution >= 4 is 36.5 Å². The minimum atomic E-state index is -3.63. The zero-order chi connectivity index (χ0) is 22.2. The lowest BCUT2D eigenvalue weighted by molar-refractivity contribution is -0.133. The van der Waals surface area contributed by atoms with Gasteiger partial charge in [-0.05, 0) is 36.4 Å². The van der Waals surface area contributed by atoms with Crippen molar-refractivity contribution in [2.45, 2.75) is 17.4 Å².